The summed E-state index contributed by atoms with van der Waals surface area (Å²) in [6.45, 7) is 14.1. The van der Waals surface area contributed by atoms with E-state index in [0.29, 0.717) is 25.7 Å². The lowest BCUT2D eigenvalue weighted by Gasteiger charge is -2.21. The molecule has 19 heteroatoms. The van der Waals surface area contributed by atoms with Gasteiger partial charge in [-0.15, -0.1) is 0 Å². The standard InChI is InChI=1S/C74H144O17P2/c1-9-67(8)53-45-37-32-33-39-47-55-72(77)85-61-70(91-74(79)57-49-41-31-25-24-28-36-44-52-66(6)7)63-89-93(82,83)87-59-68(75)58-86-92(80,81)88-62-69(60-84-71(76)54-46-38-29-22-19-18-21-27-35-43-51-65(4)5)90-73(78)56-48-40-30-23-17-15-13-11-10-12-14-16-20-26-34-42-50-64(2)3/h64-70,75H,9-63H2,1-8H3,(H,80,81)(H,82,83)/t67?,68-,69-,70-/m1/s1. The van der Waals surface area contributed by atoms with Crippen molar-refractivity contribution in [2.45, 2.75) is 388 Å². The second-order valence-electron chi connectivity index (χ2n) is 28.4. The Balaban J connectivity index is 5.23. The van der Waals surface area contributed by atoms with Gasteiger partial charge in [0.25, 0.3) is 0 Å². The Bertz CT molecular complexity index is 1840. The van der Waals surface area contributed by atoms with Crippen LogP contribution in [0.2, 0.25) is 0 Å². The van der Waals surface area contributed by atoms with E-state index in [4.69, 9.17) is 37.0 Å². The van der Waals surface area contributed by atoms with Gasteiger partial charge in [-0.1, -0.05) is 319 Å². The molecule has 0 fully saturated rings. The van der Waals surface area contributed by atoms with Crippen LogP contribution in [-0.2, 0) is 65.4 Å². The number of phosphoric acid groups is 2. The van der Waals surface area contributed by atoms with Crippen LogP contribution in [0, 0.1) is 23.7 Å². The van der Waals surface area contributed by atoms with Crippen LogP contribution < -0.4 is 0 Å². The molecule has 0 saturated heterocycles. The number of hydrogen-bond acceptors (Lipinski definition) is 15. The smallest absolute Gasteiger partial charge is 0.462 e. The summed E-state index contributed by atoms with van der Waals surface area (Å²) in [7, 11) is -9.91. The molecule has 0 aromatic heterocycles. The number of hydrogen-bond donors (Lipinski definition) is 3. The SMILES string of the molecule is CCC(C)CCCCCCCCC(=O)OC[C@H](COP(=O)(O)OC[C@H](O)COP(=O)(O)OC[C@@H](COC(=O)CCCCCCCCCCCCC(C)C)OC(=O)CCCCCCCCCCCCCCCCCCC(C)C)OC(=O)CCCCCCCCCCC(C)C. The van der Waals surface area contributed by atoms with Gasteiger partial charge in [0.05, 0.1) is 26.4 Å². The van der Waals surface area contributed by atoms with Crippen molar-refractivity contribution in [2.75, 3.05) is 39.6 Å². The lowest BCUT2D eigenvalue weighted by atomic mass is 10.00. The van der Waals surface area contributed by atoms with Gasteiger partial charge in [0.1, 0.15) is 19.3 Å². The van der Waals surface area contributed by atoms with Crippen molar-refractivity contribution in [3.63, 3.8) is 0 Å². The summed E-state index contributed by atoms with van der Waals surface area (Å²) in [5, 5.41) is 10.6. The van der Waals surface area contributed by atoms with Crippen molar-refractivity contribution in [1.82, 2.24) is 0 Å². The quantitative estimate of drug-likeness (QED) is 0.0222. The largest absolute Gasteiger partial charge is 0.472 e. The van der Waals surface area contributed by atoms with Gasteiger partial charge in [0.2, 0.25) is 0 Å². The summed E-state index contributed by atoms with van der Waals surface area (Å²) in [6.07, 6.45) is 47.3. The fourth-order valence-electron chi connectivity index (χ4n) is 11.2. The first-order valence-corrected chi connectivity index (χ1v) is 41.2. The topological polar surface area (TPSA) is 237 Å². The van der Waals surface area contributed by atoms with E-state index in [-0.39, 0.29) is 25.7 Å². The Morgan fingerprint density at radius 1 is 0.301 bits per heavy atom. The molecule has 552 valence electrons. The Hall–Kier alpha value is -1.94. The highest BCUT2D eigenvalue weighted by atomic mass is 31.2. The molecule has 3 unspecified atom stereocenters. The van der Waals surface area contributed by atoms with E-state index in [9.17, 15) is 43.2 Å². The maximum Gasteiger partial charge on any atom is 0.472 e. The summed E-state index contributed by atoms with van der Waals surface area (Å²) < 4.78 is 68.4. The van der Waals surface area contributed by atoms with Crippen molar-refractivity contribution < 1.29 is 80.2 Å². The van der Waals surface area contributed by atoms with Crippen molar-refractivity contribution in [3.8, 4) is 0 Å². The molecule has 0 saturated carbocycles. The molecule has 93 heavy (non-hydrogen) atoms. The molecular weight excluding hydrogens is 1220 g/mol. The molecule has 0 aliphatic rings. The number of aliphatic hydroxyl groups is 1. The zero-order chi connectivity index (χ0) is 68.9. The Kier molecular flexibility index (Phi) is 62.2. The zero-order valence-electron chi connectivity index (χ0n) is 60.9. The first-order valence-electron chi connectivity index (χ1n) is 38.2. The number of aliphatic hydroxyl groups excluding tert-OH is 1. The number of carbonyl (C=O) groups excluding carboxylic acids is 4. The van der Waals surface area contributed by atoms with Crippen LogP contribution in [-0.4, -0.2) is 96.7 Å². The van der Waals surface area contributed by atoms with E-state index >= 15 is 0 Å². The van der Waals surface area contributed by atoms with Crippen LogP contribution in [0.3, 0.4) is 0 Å². The van der Waals surface area contributed by atoms with Gasteiger partial charge in [0.15, 0.2) is 12.2 Å². The molecule has 6 atom stereocenters. The zero-order valence-corrected chi connectivity index (χ0v) is 62.7. The van der Waals surface area contributed by atoms with E-state index in [1.54, 1.807) is 0 Å². The van der Waals surface area contributed by atoms with Crippen LogP contribution in [0.15, 0.2) is 0 Å². The van der Waals surface area contributed by atoms with E-state index in [1.165, 1.54) is 167 Å². The van der Waals surface area contributed by atoms with Gasteiger partial charge >= 0.3 is 39.5 Å². The number of phosphoric ester groups is 2. The van der Waals surface area contributed by atoms with E-state index < -0.39 is 97.5 Å². The molecule has 3 N–H and O–H groups in total. The predicted molar refractivity (Wildman–Crippen MR) is 377 cm³/mol. The minimum absolute atomic E-state index is 0.103. The van der Waals surface area contributed by atoms with Crippen LogP contribution in [0.5, 0.6) is 0 Å². The summed E-state index contributed by atoms with van der Waals surface area (Å²) >= 11 is 0. The molecule has 0 aromatic rings. The van der Waals surface area contributed by atoms with Crippen LogP contribution in [0.1, 0.15) is 370 Å². The van der Waals surface area contributed by atoms with E-state index in [1.807, 2.05) is 0 Å². The highest BCUT2D eigenvalue weighted by Crippen LogP contribution is 2.45. The molecular formula is C74H144O17P2. The van der Waals surface area contributed by atoms with Gasteiger partial charge in [-0.3, -0.25) is 37.3 Å². The van der Waals surface area contributed by atoms with Gasteiger partial charge in [-0.05, 0) is 49.4 Å². The lowest BCUT2D eigenvalue weighted by molar-refractivity contribution is -0.161. The maximum atomic E-state index is 13.1. The average Bonchev–Trinajstić information content (AvgIpc) is 3.30. The third-order valence-electron chi connectivity index (χ3n) is 17.4. The molecule has 17 nitrogen and oxygen atoms in total. The number of esters is 4. The average molecular weight is 1370 g/mol. The first-order chi connectivity index (χ1) is 44.6. The number of unbranched alkanes of at least 4 members (excludes halogenated alkanes) is 36. The molecule has 0 amide bonds. The lowest BCUT2D eigenvalue weighted by Crippen LogP contribution is -2.30. The predicted octanol–water partition coefficient (Wildman–Crippen LogP) is 21.3. The fraction of sp³-hybridized carbons (Fsp3) is 0.946. The van der Waals surface area contributed by atoms with Crippen molar-refractivity contribution in [1.29, 1.82) is 0 Å². The van der Waals surface area contributed by atoms with Crippen molar-refractivity contribution in [3.05, 3.63) is 0 Å². The molecule has 0 radical (unpaired) electrons. The summed E-state index contributed by atoms with van der Waals surface area (Å²) in [4.78, 5) is 72.7. The third kappa shape index (κ3) is 67.0. The fourth-order valence-corrected chi connectivity index (χ4v) is 12.7. The van der Waals surface area contributed by atoms with Crippen LogP contribution in [0.25, 0.3) is 0 Å². The highest BCUT2D eigenvalue weighted by Gasteiger charge is 2.30. The Labute approximate surface area is 568 Å². The summed E-state index contributed by atoms with van der Waals surface area (Å²) in [5.74, 6) is 0.891. The molecule has 0 aliphatic heterocycles. The van der Waals surface area contributed by atoms with Gasteiger partial charge in [0, 0.05) is 25.7 Å². The molecule has 0 bridgehead atoms. The molecule has 0 aliphatic carbocycles. The minimum atomic E-state index is -4.96. The van der Waals surface area contributed by atoms with E-state index in [0.717, 1.165) is 120 Å². The molecule has 0 heterocycles. The normalized spacial score (nSPS) is 14.5. The van der Waals surface area contributed by atoms with E-state index in [2.05, 4.69) is 55.4 Å². The van der Waals surface area contributed by atoms with Gasteiger partial charge < -0.3 is 33.8 Å². The number of rotatable bonds is 71. The molecule has 0 rings (SSSR count). The molecule has 0 spiro atoms. The number of ether oxygens (including phenoxy) is 4. The second-order valence-corrected chi connectivity index (χ2v) is 31.3. The van der Waals surface area contributed by atoms with Crippen molar-refractivity contribution in [2.24, 2.45) is 23.7 Å². The summed E-state index contributed by atoms with van der Waals surface area (Å²) in [5.41, 5.74) is 0. The van der Waals surface area contributed by atoms with Gasteiger partial charge in [-0.25, -0.2) is 9.13 Å². The minimum Gasteiger partial charge on any atom is -0.462 e. The second kappa shape index (κ2) is 63.5. The maximum absolute atomic E-state index is 13.1. The molecule has 0 aromatic carbocycles. The van der Waals surface area contributed by atoms with Crippen LogP contribution >= 0.6 is 15.6 Å². The highest BCUT2D eigenvalue weighted by molar-refractivity contribution is 7.47. The Morgan fingerprint density at radius 2 is 0.516 bits per heavy atom. The first kappa shape index (κ1) is 91.1. The van der Waals surface area contributed by atoms with Crippen molar-refractivity contribution >= 4 is 39.5 Å². The summed E-state index contributed by atoms with van der Waals surface area (Å²) in [6, 6.07) is 0. The monoisotopic (exact) mass is 1370 g/mol. The Morgan fingerprint density at radius 3 is 0.763 bits per heavy atom. The van der Waals surface area contributed by atoms with Crippen LogP contribution in [0.4, 0.5) is 0 Å². The number of carbonyl (C=O) groups is 4. The van der Waals surface area contributed by atoms with Gasteiger partial charge in [-0.2, -0.15) is 0 Å². The third-order valence-corrected chi connectivity index (χ3v) is 19.3.